The minimum absolute atomic E-state index is 0. The maximum Gasteiger partial charge on any atom is 0.222 e. The Morgan fingerprint density at radius 2 is 2.00 bits per heavy atom. The molecule has 2 aliphatic heterocycles. The lowest BCUT2D eigenvalue weighted by Crippen LogP contribution is -2.36. The van der Waals surface area contributed by atoms with Crippen LogP contribution >= 0.6 is 12.4 Å². The van der Waals surface area contributed by atoms with E-state index in [1.54, 1.807) is 0 Å². The van der Waals surface area contributed by atoms with Crippen molar-refractivity contribution < 1.29 is 4.79 Å². The Kier molecular flexibility index (Phi) is 5.40. The molecule has 2 heterocycles. The monoisotopic (exact) mass is 232 g/mol. The molecule has 1 amide bonds. The highest BCUT2D eigenvalue weighted by atomic mass is 35.5. The van der Waals surface area contributed by atoms with Crippen LogP contribution in [-0.2, 0) is 4.79 Å². The van der Waals surface area contributed by atoms with E-state index in [2.05, 4.69) is 10.2 Å². The lowest BCUT2D eigenvalue weighted by atomic mass is 10.0. The molecule has 0 radical (unpaired) electrons. The van der Waals surface area contributed by atoms with Crippen molar-refractivity contribution in [3.05, 3.63) is 0 Å². The van der Waals surface area contributed by atoms with Crippen molar-refractivity contribution in [1.82, 2.24) is 10.2 Å². The van der Waals surface area contributed by atoms with Crippen LogP contribution in [0, 0.1) is 5.92 Å². The van der Waals surface area contributed by atoms with Gasteiger partial charge in [0.15, 0.2) is 0 Å². The molecule has 0 aromatic rings. The third-order valence-electron chi connectivity index (χ3n) is 3.33. The lowest BCUT2D eigenvalue weighted by molar-refractivity contribution is -0.132. The number of nitrogens with one attached hydrogen (secondary N) is 1. The molecule has 88 valence electrons. The molecule has 0 saturated carbocycles. The lowest BCUT2D eigenvalue weighted by Gasteiger charge is -2.27. The highest BCUT2D eigenvalue weighted by Gasteiger charge is 2.22. The van der Waals surface area contributed by atoms with E-state index in [1.165, 1.54) is 25.7 Å². The van der Waals surface area contributed by atoms with Gasteiger partial charge in [-0.25, -0.2) is 0 Å². The molecule has 3 nitrogen and oxygen atoms in total. The number of carbonyl (C=O) groups excluding carboxylic acids is 1. The molecule has 1 N–H and O–H groups in total. The largest absolute Gasteiger partial charge is 0.343 e. The Bertz CT molecular complexity index is 199. The summed E-state index contributed by atoms with van der Waals surface area (Å²) >= 11 is 0. The van der Waals surface area contributed by atoms with Crippen LogP contribution < -0.4 is 5.32 Å². The van der Waals surface area contributed by atoms with Crippen molar-refractivity contribution in [1.29, 1.82) is 0 Å². The zero-order chi connectivity index (χ0) is 9.80. The normalized spacial score (nSPS) is 26.1. The number of carbonyl (C=O) groups is 1. The fraction of sp³-hybridized carbons (Fsp3) is 0.909. The van der Waals surface area contributed by atoms with Gasteiger partial charge in [0, 0.05) is 19.5 Å². The summed E-state index contributed by atoms with van der Waals surface area (Å²) < 4.78 is 0. The number of piperidine rings is 1. The van der Waals surface area contributed by atoms with Crippen LogP contribution in [0.5, 0.6) is 0 Å². The smallest absolute Gasteiger partial charge is 0.222 e. The second-order valence-electron chi connectivity index (χ2n) is 4.50. The van der Waals surface area contributed by atoms with Crippen molar-refractivity contribution in [3.63, 3.8) is 0 Å². The summed E-state index contributed by atoms with van der Waals surface area (Å²) in [6.45, 7) is 4.13. The van der Waals surface area contributed by atoms with Crippen LogP contribution in [-0.4, -0.2) is 37.0 Å². The minimum Gasteiger partial charge on any atom is -0.343 e. The molecule has 2 saturated heterocycles. The molecule has 2 aliphatic rings. The molecule has 0 unspecified atom stereocenters. The molecule has 0 bridgehead atoms. The Hall–Kier alpha value is -0.280. The maximum absolute atomic E-state index is 11.9. The Morgan fingerprint density at radius 3 is 2.60 bits per heavy atom. The second kappa shape index (κ2) is 6.33. The molecule has 0 aliphatic carbocycles. The molecule has 0 aromatic carbocycles. The number of amides is 1. The van der Waals surface area contributed by atoms with Gasteiger partial charge in [-0.2, -0.15) is 0 Å². The van der Waals surface area contributed by atoms with Crippen LogP contribution in [0.2, 0.25) is 0 Å². The molecule has 0 aromatic heterocycles. The first kappa shape index (κ1) is 12.8. The topological polar surface area (TPSA) is 32.3 Å². The molecular weight excluding hydrogens is 212 g/mol. The van der Waals surface area contributed by atoms with Crippen molar-refractivity contribution >= 4 is 18.3 Å². The Balaban J connectivity index is 0.00000112. The second-order valence-corrected chi connectivity index (χ2v) is 4.50. The van der Waals surface area contributed by atoms with Crippen molar-refractivity contribution in [3.8, 4) is 0 Å². The first-order valence-electron chi connectivity index (χ1n) is 5.85. The molecular formula is C11H21ClN2O. The summed E-state index contributed by atoms with van der Waals surface area (Å²) in [5.41, 5.74) is 0. The van der Waals surface area contributed by atoms with Gasteiger partial charge < -0.3 is 10.2 Å². The third-order valence-corrected chi connectivity index (χ3v) is 3.33. The van der Waals surface area contributed by atoms with E-state index in [9.17, 15) is 4.79 Å². The van der Waals surface area contributed by atoms with Crippen LogP contribution in [0.4, 0.5) is 0 Å². The quantitative estimate of drug-likeness (QED) is 0.781. The molecule has 1 atom stereocenters. The Morgan fingerprint density at radius 1 is 1.27 bits per heavy atom. The van der Waals surface area contributed by atoms with E-state index in [0.717, 1.165) is 32.6 Å². The van der Waals surface area contributed by atoms with E-state index in [-0.39, 0.29) is 12.4 Å². The van der Waals surface area contributed by atoms with E-state index in [0.29, 0.717) is 11.8 Å². The third kappa shape index (κ3) is 3.65. The average molecular weight is 233 g/mol. The number of halogens is 1. The fourth-order valence-corrected chi connectivity index (χ4v) is 2.41. The summed E-state index contributed by atoms with van der Waals surface area (Å²) in [5, 5.41) is 3.31. The van der Waals surface area contributed by atoms with Crippen LogP contribution in [0.25, 0.3) is 0 Å². The zero-order valence-electron chi connectivity index (χ0n) is 9.21. The predicted octanol–water partition coefficient (Wildman–Crippen LogP) is 1.42. The highest BCUT2D eigenvalue weighted by Crippen LogP contribution is 2.16. The number of nitrogens with zero attached hydrogens (tertiary/aromatic N) is 1. The van der Waals surface area contributed by atoms with E-state index >= 15 is 0 Å². The van der Waals surface area contributed by atoms with Gasteiger partial charge in [0.2, 0.25) is 5.91 Å². The Labute approximate surface area is 98.0 Å². The maximum atomic E-state index is 11.9. The summed E-state index contributed by atoms with van der Waals surface area (Å²) in [4.78, 5) is 13.9. The van der Waals surface area contributed by atoms with Crippen molar-refractivity contribution in [2.45, 2.75) is 32.1 Å². The molecule has 4 heteroatoms. The fourth-order valence-electron chi connectivity index (χ4n) is 2.41. The summed E-state index contributed by atoms with van der Waals surface area (Å²) in [6, 6.07) is 0. The molecule has 2 fully saturated rings. The van der Waals surface area contributed by atoms with Crippen LogP contribution in [0.3, 0.4) is 0 Å². The van der Waals surface area contributed by atoms with Gasteiger partial charge in [-0.05, 0) is 44.7 Å². The molecule has 15 heavy (non-hydrogen) atoms. The van der Waals surface area contributed by atoms with Crippen molar-refractivity contribution in [2.24, 2.45) is 5.92 Å². The predicted molar refractivity (Wildman–Crippen MR) is 63.3 cm³/mol. The number of rotatable bonds is 2. The first-order chi connectivity index (χ1) is 6.86. The standard InChI is InChI=1S/C11H20N2O.ClH/c14-11(8-10-4-5-12-9-10)13-6-2-1-3-7-13;/h10,12H,1-9H2;1H/t10-;/m0./s1. The minimum atomic E-state index is 0. The van der Waals surface area contributed by atoms with Gasteiger partial charge in [-0.1, -0.05) is 0 Å². The van der Waals surface area contributed by atoms with Gasteiger partial charge in [-0.15, -0.1) is 12.4 Å². The van der Waals surface area contributed by atoms with Gasteiger partial charge in [-0.3, -0.25) is 4.79 Å². The zero-order valence-corrected chi connectivity index (χ0v) is 10.0. The van der Waals surface area contributed by atoms with Gasteiger partial charge in [0.05, 0.1) is 0 Å². The molecule has 0 spiro atoms. The van der Waals surface area contributed by atoms with Gasteiger partial charge in [0.1, 0.15) is 0 Å². The van der Waals surface area contributed by atoms with E-state index < -0.39 is 0 Å². The highest BCUT2D eigenvalue weighted by molar-refractivity contribution is 5.85. The SMILES string of the molecule is Cl.O=C(C[C@@H]1CCNC1)N1CCCCC1. The number of hydrogen-bond donors (Lipinski definition) is 1. The summed E-state index contributed by atoms with van der Waals surface area (Å²) in [5.74, 6) is 0.989. The van der Waals surface area contributed by atoms with E-state index in [4.69, 9.17) is 0 Å². The van der Waals surface area contributed by atoms with Crippen LogP contribution in [0.15, 0.2) is 0 Å². The molecule has 2 rings (SSSR count). The van der Waals surface area contributed by atoms with Crippen molar-refractivity contribution in [2.75, 3.05) is 26.2 Å². The van der Waals surface area contributed by atoms with Gasteiger partial charge in [0.25, 0.3) is 0 Å². The van der Waals surface area contributed by atoms with E-state index in [1.807, 2.05) is 0 Å². The van der Waals surface area contributed by atoms with Gasteiger partial charge >= 0.3 is 0 Å². The number of likely N-dealkylation sites (tertiary alicyclic amines) is 1. The number of hydrogen-bond acceptors (Lipinski definition) is 2. The van der Waals surface area contributed by atoms with Crippen LogP contribution in [0.1, 0.15) is 32.1 Å². The summed E-state index contributed by atoms with van der Waals surface area (Å²) in [7, 11) is 0. The summed E-state index contributed by atoms with van der Waals surface area (Å²) in [6.07, 6.45) is 5.66. The average Bonchev–Trinajstić information content (AvgIpc) is 2.72. The first-order valence-corrected chi connectivity index (χ1v) is 5.85.